The van der Waals surface area contributed by atoms with Gasteiger partial charge in [0.2, 0.25) is 5.95 Å². The summed E-state index contributed by atoms with van der Waals surface area (Å²) in [5.74, 6) is 1.55. The van der Waals surface area contributed by atoms with Gasteiger partial charge in [0, 0.05) is 18.4 Å². The van der Waals surface area contributed by atoms with Gasteiger partial charge in [-0.25, -0.2) is 0 Å². The van der Waals surface area contributed by atoms with E-state index in [-0.39, 0.29) is 0 Å². The van der Waals surface area contributed by atoms with Gasteiger partial charge in [-0.3, -0.25) is 4.57 Å². The summed E-state index contributed by atoms with van der Waals surface area (Å²) in [5.41, 5.74) is 5.80. The second-order valence-electron chi connectivity index (χ2n) is 4.93. The SMILES string of the molecule is CC(C)n1c(N)nnc1SCCCC1CCCO1. The Hall–Kier alpha value is -0.750. The number of ether oxygens (including phenoxy) is 1. The summed E-state index contributed by atoms with van der Waals surface area (Å²) in [6, 6.07) is 0.306. The van der Waals surface area contributed by atoms with Gasteiger partial charge in [-0.05, 0) is 39.5 Å². The smallest absolute Gasteiger partial charge is 0.222 e. The van der Waals surface area contributed by atoms with Crippen LogP contribution in [0.2, 0.25) is 0 Å². The summed E-state index contributed by atoms with van der Waals surface area (Å²) in [6.07, 6.45) is 5.23. The van der Waals surface area contributed by atoms with E-state index in [1.54, 1.807) is 11.8 Å². The summed E-state index contributed by atoms with van der Waals surface area (Å²) in [4.78, 5) is 0. The molecule has 102 valence electrons. The molecule has 0 aliphatic carbocycles. The number of hydrogen-bond acceptors (Lipinski definition) is 5. The number of anilines is 1. The maximum Gasteiger partial charge on any atom is 0.222 e. The Labute approximate surface area is 112 Å². The average molecular weight is 270 g/mol. The van der Waals surface area contributed by atoms with Crippen LogP contribution in [0.15, 0.2) is 5.16 Å². The Balaban J connectivity index is 1.76. The second kappa shape index (κ2) is 6.43. The number of nitrogens with two attached hydrogens (primary N) is 1. The van der Waals surface area contributed by atoms with E-state index < -0.39 is 0 Å². The lowest BCUT2D eigenvalue weighted by molar-refractivity contribution is 0.104. The fraction of sp³-hybridized carbons (Fsp3) is 0.833. The van der Waals surface area contributed by atoms with Crippen LogP contribution < -0.4 is 5.73 Å². The lowest BCUT2D eigenvalue weighted by Crippen LogP contribution is -2.08. The van der Waals surface area contributed by atoms with Gasteiger partial charge in [-0.15, -0.1) is 10.2 Å². The molecule has 0 amide bonds. The molecule has 2 rings (SSSR count). The Bertz CT molecular complexity index is 374. The maximum atomic E-state index is 5.80. The van der Waals surface area contributed by atoms with E-state index in [1.807, 2.05) is 4.57 Å². The molecule has 18 heavy (non-hydrogen) atoms. The molecule has 0 aromatic carbocycles. The largest absolute Gasteiger partial charge is 0.378 e. The molecule has 6 heteroatoms. The van der Waals surface area contributed by atoms with Crippen LogP contribution in [0.3, 0.4) is 0 Å². The van der Waals surface area contributed by atoms with Crippen molar-refractivity contribution in [1.82, 2.24) is 14.8 Å². The number of thioether (sulfide) groups is 1. The maximum absolute atomic E-state index is 5.80. The normalized spacial score (nSPS) is 19.8. The Morgan fingerprint density at radius 1 is 1.50 bits per heavy atom. The lowest BCUT2D eigenvalue weighted by atomic mass is 10.1. The summed E-state index contributed by atoms with van der Waals surface area (Å²) in [5, 5.41) is 8.99. The molecular formula is C12H22N4OS. The second-order valence-corrected chi connectivity index (χ2v) is 5.99. The van der Waals surface area contributed by atoms with Gasteiger partial charge in [0.05, 0.1) is 6.10 Å². The van der Waals surface area contributed by atoms with Crippen LogP contribution in [0.5, 0.6) is 0 Å². The highest BCUT2D eigenvalue weighted by Crippen LogP contribution is 2.24. The first-order valence-corrected chi connectivity index (χ1v) is 7.62. The van der Waals surface area contributed by atoms with Crippen LogP contribution in [0.25, 0.3) is 0 Å². The van der Waals surface area contributed by atoms with Gasteiger partial charge in [-0.1, -0.05) is 11.8 Å². The van der Waals surface area contributed by atoms with E-state index in [2.05, 4.69) is 24.0 Å². The third-order valence-corrected chi connectivity index (χ3v) is 4.16. The van der Waals surface area contributed by atoms with Gasteiger partial charge in [0.25, 0.3) is 0 Å². The van der Waals surface area contributed by atoms with Crippen LogP contribution in [-0.4, -0.2) is 33.2 Å². The fourth-order valence-electron chi connectivity index (χ4n) is 2.22. The highest BCUT2D eigenvalue weighted by Gasteiger charge is 2.16. The molecule has 2 N–H and O–H groups in total. The number of aromatic nitrogens is 3. The predicted molar refractivity (Wildman–Crippen MR) is 73.8 cm³/mol. The summed E-state index contributed by atoms with van der Waals surface area (Å²) < 4.78 is 7.59. The number of nitrogen functional groups attached to an aromatic ring is 1. The topological polar surface area (TPSA) is 66.0 Å². The van der Waals surface area contributed by atoms with Crippen molar-refractivity contribution in [2.45, 2.75) is 56.8 Å². The van der Waals surface area contributed by atoms with Gasteiger partial charge < -0.3 is 10.5 Å². The Morgan fingerprint density at radius 2 is 2.33 bits per heavy atom. The van der Waals surface area contributed by atoms with E-state index in [4.69, 9.17) is 10.5 Å². The molecule has 1 aromatic heterocycles. The zero-order valence-corrected chi connectivity index (χ0v) is 11.9. The quantitative estimate of drug-likeness (QED) is 0.635. The molecule has 0 radical (unpaired) electrons. The number of nitrogens with zero attached hydrogens (tertiary/aromatic N) is 3. The fourth-order valence-corrected chi connectivity index (χ4v) is 3.25. The third-order valence-electron chi connectivity index (χ3n) is 3.13. The molecule has 1 unspecified atom stereocenters. The van der Waals surface area contributed by atoms with E-state index in [9.17, 15) is 0 Å². The first-order valence-electron chi connectivity index (χ1n) is 6.63. The van der Waals surface area contributed by atoms with Crippen LogP contribution >= 0.6 is 11.8 Å². The van der Waals surface area contributed by atoms with Crippen molar-refractivity contribution in [3.05, 3.63) is 0 Å². The van der Waals surface area contributed by atoms with Crippen molar-refractivity contribution in [3.63, 3.8) is 0 Å². The molecule has 1 atom stereocenters. The van der Waals surface area contributed by atoms with Crippen LogP contribution in [-0.2, 0) is 4.74 Å². The molecule has 1 saturated heterocycles. The number of hydrogen-bond donors (Lipinski definition) is 1. The van der Waals surface area contributed by atoms with E-state index >= 15 is 0 Å². The average Bonchev–Trinajstić information content (AvgIpc) is 2.94. The van der Waals surface area contributed by atoms with Crippen LogP contribution in [0.1, 0.15) is 45.6 Å². The monoisotopic (exact) mass is 270 g/mol. The molecule has 0 bridgehead atoms. The van der Waals surface area contributed by atoms with Gasteiger partial charge in [0.15, 0.2) is 5.16 Å². The molecular weight excluding hydrogens is 248 g/mol. The van der Waals surface area contributed by atoms with Crippen molar-refractivity contribution in [1.29, 1.82) is 0 Å². The first kappa shape index (κ1) is 13.7. The van der Waals surface area contributed by atoms with Crippen molar-refractivity contribution in [2.75, 3.05) is 18.1 Å². The third kappa shape index (κ3) is 3.38. The summed E-state index contributed by atoms with van der Waals surface area (Å²) >= 11 is 1.73. The zero-order valence-electron chi connectivity index (χ0n) is 11.1. The van der Waals surface area contributed by atoms with Crippen LogP contribution in [0, 0.1) is 0 Å². The van der Waals surface area contributed by atoms with Gasteiger partial charge >= 0.3 is 0 Å². The molecule has 1 aliphatic rings. The van der Waals surface area contributed by atoms with Crippen molar-refractivity contribution >= 4 is 17.7 Å². The highest BCUT2D eigenvalue weighted by atomic mass is 32.2. The zero-order chi connectivity index (χ0) is 13.0. The van der Waals surface area contributed by atoms with Gasteiger partial charge in [0.1, 0.15) is 0 Å². The molecule has 1 fully saturated rings. The Kier molecular flexibility index (Phi) is 4.88. The van der Waals surface area contributed by atoms with E-state index in [1.165, 1.54) is 12.8 Å². The summed E-state index contributed by atoms with van der Waals surface area (Å²) in [7, 11) is 0. The molecule has 2 heterocycles. The predicted octanol–water partition coefficient (Wildman–Crippen LogP) is 2.49. The van der Waals surface area contributed by atoms with Crippen molar-refractivity contribution in [2.24, 2.45) is 0 Å². The number of rotatable bonds is 6. The molecule has 5 nitrogen and oxygen atoms in total. The molecule has 0 saturated carbocycles. The minimum atomic E-state index is 0.306. The minimum absolute atomic E-state index is 0.306. The van der Waals surface area contributed by atoms with Crippen molar-refractivity contribution in [3.8, 4) is 0 Å². The van der Waals surface area contributed by atoms with Crippen molar-refractivity contribution < 1.29 is 4.74 Å². The van der Waals surface area contributed by atoms with Gasteiger partial charge in [-0.2, -0.15) is 0 Å². The summed E-state index contributed by atoms with van der Waals surface area (Å²) in [6.45, 7) is 5.13. The minimum Gasteiger partial charge on any atom is -0.378 e. The molecule has 0 spiro atoms. The Morgan fingerprint density at radius 3 is 3.00 bits per heavy atom. The lowest BCUT2D eigenvalue weighted by Gasteiger charge is -2.12. The first-order chi connectivity index (χ1) is 8.68. The standard InChI is InChI=1S/C12H22N4OS/c1-9(2)16-11(13)14-15-12(16)18-8-4-6-10-5-3-7-17-10/h9-10H,3-8H2,1-2H3,(H2,13,14). The van der Waals surface area contributed by atoms with E-state index in [0.29, 0.717) is 18.1 Å². The highest BCUT2D eigenvalue weighted by molar-refractivity contribution is 7.99. The molecule has 1 aliphatic heterocycles. The van der Waals surface area contributed by atoms with Crippen LogP contribution in [0.4, 0.5) is 5.95 Å². The van der Waals surface area contributed by atoms with E-state index in [0.717, 1.165) is 30.4 Å². The molecule has 1 aromatic rings.